The van der Waals surface area contributed by atoms with E-state index >= 15 is 0 Å². The Hall–Kier alpha value is -0.230. The van der Waals surface area contributed by atoms with E-state index in [1.165, 1.54) is 6.07 Å². The molecule has 7 heteroatoms. The summed E-state index contributed by atoms with van der Waals surface area (Å²) in [5.41, 5.74) is 0.317. The van der Waals surface area contributed by atoms with Crippen LogP contribution in [-0.2, 0) is 4.74 Å². The van der Waals surface area contributed by atoms with Crippen LogP contribution in [0.4, 0.5) is 8.78 Å². The molecule has 0 bridgehead atoms. The van der Waals surface area contributed by atoms with Crippen molar-refractivity contribution in [3.05, 3.63) is 20.3 Å². The summed E-state index contributed by atoms with van der Waals surface area (Å²) < 4.78 is 28.7. The van der Waals surface area contributed by atoms with E-state index in [-0.39, 0.29) is 18.8 Å². The second-order valence-corrected chi connectivity index (χ2v) is 5.16. The number of ketones is 1. The topological polar surface area (TPSA) is 26.3 Å². The van der Waals surface area contributed by atoms with Gasteiger partial charge in [0, 0.05) is 12.0 Å². The summed E-state index contributed by atoms with van der Waals surface area (Å²) in [7, 11) is 0. The lowest BCUT2D eigenvalue weighted by molar-refractivity contribution is 0.0170. The van der Waals surface area contributed by atoms with Crippen LogP contribution in [0, 0.1) is 0 Å². The molecule has 0 fully saturated rings. The fraction of sp³-hybridized carbons (Fsp3) is 0.444. The number of rotatable bonds is 6. The fourth-order valence-corrected chi connectivity index (χ4v) is 2.50. The number of Topliss-reactive ketones (excluding diaryl/α,β-unsaturated/α-hetero) is 1. The standard InChI is InChI=1S/C9H8Cl2F2O2S/c10-7-3-5(9(11)16-7)6(14)1-2-15-4-8(12)13/h3,8H,1-2,4H2. The SMILES string of the molecule is O=C(CCOCC(F)F)c1cc(Cl)sc1Cl. The van der Waals surface area contributed by atoms with Crippen molar-refractivity contribution < 1.29 is 18.3 Å². The van der Waals surface area contributed by atoms with Crippen LogP contribution in [0.15, 0.2) is 6.07 Å². The Morgan fingerprint density at radius 1 is 1.50 bits per heavy atom. The Bertz CT molecular complexity index is 368. The van der Waals surface area contributed by atoms with Gasteiger partial charge in [-0.3, -0.25) is 4.79 Å². The van der Waals surface area contributed by atoms with Gasteiger partial charge in [-0.1, -0.05) is 23.2 Å². The second-order valence-electron chi connectivity index (χ2n) is 2.88. The molecule has 1 rings (SSSR count). The van der Waals surface area contributed by atoms with Crippen molar-refractivity contribution >= 4 is 40.3 Å². The largest absolute Gasteiger partial charge is 0.375 e. The van der Waals surface area contributed by atoms with Crippen molar-refractivity contribution in [3.8, 4) is 0 Å². The van der Waals surface area contributed by atoms with Gasteiger partial charge in [-0.2, -0.15) is 0 Å². The van der Waals surface area contributed by atoms with Crippen molar-refractivity contribution in [2.75, 3.05) is 13.2 Å². The van der Waals surface area contributed by atoms with Gasteiger partial charge >= 0.3 is 0 Å². The first-order chi connectivity index (χ1) is 7.50. The Morgan fingerprint density at radius 3 is 2.69 bits per heavy atom. The first-order valence-electron chi connectivity index (χ1n) is 4.34. The van der Waals surface area contributed by atoms with Gasteiger partial charge in [-0.25, -0.2) is 8.78 Å². The highest BCUT2D eigenvalue weighted by atomic mass is 35.5. The van der Waals surface area contributed by atoms with Crippen LogP contribution in [0.3, 0.4) is 0 Å². The number of carbonyl (C=O) groups is 1. The van der Waals surface area contributed by atoms with Gasteiger partial charge in [0.05, 0.1) is 10.9 Å². The minimum Gasteiger partial charge on any atom is -0.375 e. The van der Waals surface area contributed by atoms with Crippen molar-refractivity contribution in [1.82, 2.24) is 0 Å². The summed E-state index contributed by atoms with van der Waals surface area (Å²) >= 11 is 12.5. The van der Waals surface area contributed by atoms with E-state index in [1.807, 2.05) is 0 Å². The highest BCUT2D eigenvalue weighted by Gasteiger charge is 2.14. The van der Waals surface area contributed by atoms with Gasteiger partial charge in [0.15, 0.2) is 5.78 Å². The molecule has 0 saturated carbocycles. The van der Waals surface area contributed by atoms with Gasteiger partial charge in [0.2, 0.25) is 0 Å². The maximum absolute atomic E-state index is 11.7. The van der Waals surface area contributed by atoms with Crippen molar-refractivity contribution in [2.45, 2.75) is 12.8 Å². The molecule has 1 aromatic heterocycles. The van der Waals surface area contributed by atoms with Gasteiger partial charge in [-0.15, -0.1) is 11.3 Å². The van der Waals surface area contributed by atoms with Crippen LogP contribution >= 0.6 is 34.5 Å². The summed E-state index contributed by atoms with van der Waals surface area (Å²) in [6.45, 7) is -0.710. The fourth-order valence-electron chi connectivity index (χ4n) is 1.00. The zero-order valence-electron chi connectivity index (χ0n) is 8.01. The van der Waals surface area contributed by atoms with Crippen molar-refractivity contribution in [3.63, 3.8) is 0 Å². The Labute approximate surface area is 105 Å². The molecule has 0 amide bonds. The third kappa shape index (κ3) is 4.33. The lowest BCUT2D eigenvalue weighted by atomic mass is 10.2. The minimum atomic E-state index is -2.52. The molecule has 0 spiro atoms. The molecule has 0 radical (unpaired) electrons. The van der Waals surface area contributed by atoms with Gasteiger partial charge in [0.1, 0.15) is 10.9 Å². The smallest absolute Gasteiger partial charge is 0.261 e. The zero-order chi connectivity index (χ0) is 12.1. The van der Waals surface area contributed by atoms with Crippen molar-refractivity contribution in [1.29, 1.82) is 0 Å². The quantitative estimate of drug-likeness (QED) is 0.586. The molecule has 90 valence electrons. The van der Waals surface area contributed by atoms with Gasteiger partial charge in [-0.05, 0) is 6.07 Å². The van der Waals surface area contributed by atoms with Crippen LogP contribution < -0.4 is 0 Å². The molecule has 16 heavy (non-hydrogen) atoms. The van der Waals surface area contributed by atoms with E-state index in [0.717, 1.165) is 11.3 Å². The lowest BCUT2D eigenvalue weighted by Crippen LogP contribution is -2.09. The molecule has 1 heterocycles. The summed E-state index contributed by atoms with van der Waals surface area (Å²) in [6.07, 6.45) is -2.51. The first kappa shape index (κ1) is 13.8. The summed E-state index contributed by atoms with van der Waals surface area (Å²) in [5.74, 6) is -0.262. The molecule has 0 unspecified atom stereocenters. The third-order valence-corrected chi connectivity index (χ3v) is 3.16. The predicted octanol–water partition coefficient (Wildman–Crippen LogP) is 3.91. The number of alkyl halides is 2. The van der Waals surface area contributed by atoms with Crippen LogP contribution in [0.1, 0.15) is 16.8 Å². The minimum absolute atomic E-state index is 0.0134. The van der Waals surface area contributed by atoms with E-state index in [1.54, 1.807) is 0 Å². The Morgan fingerprint density at radius 2 is 2.19 bits per heavy atom. The molecule has 0 atom stereocenters. The molecule has 0 aliphatic carbocycles. The Balaban J connectivity index is 2.38. The maximum atomic E-state index is 11.7. The normalized spacial score (nSPS) is 11.1. The number of ether oxygens (including phenoxy) is 1. The summed E-state index contributed by atoms with van der Waals surface area (Å²) in [6, 6.07) is 1.46. The molecule has 0 aliphatic rings. The molecule has 0 N–H and O–H groups in total. The van der Waals surface area contributed by atoms with Crippen LogP contribution in [0.25, 0.3) is 0 Å². The summed E-state index contributed by atoms with van der Waals surface area (Å²) in [4.78, 5) is 11.5. The average molecular weight is 289 g/mol. The Kier molecular flexibility index (Phi) is 5.61. The number of hydrogen-bond donors (Lipinski definition) is 0. The number of carbonyl (C=O) groups excluding carboxylic acids is 1. The van der Waals surface area contributed by atoms with E-state index in [4.69, 9.17) is 23.2 Å². The van der Waals surface area contributed by atoms with E-state index in [0.29, 0.717) is 14.2 Å². The first-order valence-corrected chi connectivity index (χ1v) is 5.92. The van der Waals surface area contributed by atoms with E-state index < -0.39 is 13.0 Å². The molecule has 2 nitrogen and oxygen atoms in total. The highest BCUT2D eigenvalue weighted by molar-refractivity contribution is 7.20. The molecule has 0 saturated heterocycles. The summed E-state index contributed by atoms with van der Waals surface area (Å²) in [5, 5.41) is 0. The molecular formula is C9H8Cl2F2O2S. The second kappa shape index (κ2) is 6.49. The van der Waals surface area contributed by atoms with Crippen LogP contribution in [-0.4, -0.2) is 25.4 Å². The number of hydrogen-bond acceptors (Lipinski definition) is 3. The molecule has 0 aromatic carbocycles. The third-order valence-electron chi connectivity index (χ3n) is 1.67. The maximum Gasteiger partial charge on any atom is 0.261 e. The lowest BCUT2D eigenvalue weighted by Gasteiger charge is -2.02. The van der Waals surface area contributed by atoms with E-state index in [9.17, 15) is 13.6 Å². The average Bonchev–Trinajstić information content (AvgIpc) is 2.52. The van der Waals surface area contributed by atoms with Crippen LogP contribution in [0.5, 0.6) is 0 Å². The van der Waals surface area contributed by atoms with Crippen LogP contribution in [0.2, 0.25) is 8.67 Å². The van der Waals surface area contributed by atoms with Gasteiger partial charge in [0.25, 0.3) is 6.43 Å². The molecule has 1 aromatic rings. The van der Waals surface area contributed by atoms with E-state index in [2.05, 4.69) is 4.74 Å². The number of halogens is 4. The number of thiophene rings is 1. The molecular weight excluding hydrogens is 281 g/mol. The predicted molar refractivity (Wildman–Crippen MR) is 60.1 cm³/mol. The monoisotopic (exact) mass is 288 g/mol. The zero-order valence-corrected chi connectivity index (χ0v) is 10.3. The van der Waals surface area contributed by atoms with Gasteiger partial charge < -0.3 is 4.74 Å². The highest BCUT2D eigenvalue weighted by Crippen LogP contribution is 2.31. The van der Waals surface area contributed by atoms with Crippen molar-refractivity contribution in [2.24, 2.45) is 0 Å². The molecule has 0 aliphatic heterocycles.